The highest BCUT2D eigenvalue weighted by molar-refractivity contribution is 7.85. The first-order valence-corrected chi connectivity index (χ1v) is 13.9. The quantitative estimate of drug-likeness (QED) is 0.310. The summed E-state index contributed by atoms with van der Waals surface area (Å²) in [5.74, 6) is 0.626. The van der Waals surface area contributed by atoms with E-state index in [9.17, 15) is 13.5 Å². The maximum Gasteiger partial charge on any atom is 0.264 e. The van der Waals surface area contributed by atoms with Crippen LogP contribution in [0.5, 0.6) is 0 Å². The summed E-state index contributed by atoms with van der Waals surface area (Å²) >= 11 is 6.55. The SMILES string of the molecule is CS(=O)(=O)OC[C@]1(O)C[C@@H](c2nc(-c3ccc4ccc(-c5ccccc5)nc4c3)c3c(Cl)nccn32)C1. The van der Waals surface area contributed by atoms with Crippen LogP contribution in [0.25, 0.3) is 38.9 Å². The van der Waals surface area contributed by atoms with Crippen LogP contribution in [0.15, 0.2) is 73.1 Å². The predicted octanol–water partition coefficient (Wildman–Crippen LogP) is 4.85. The highest BCUT2D eigenvalue weighted by atomic mass is 35.5. The Bertz CT molecular complexity index is 1750. The molecule has 6 rings (SSSR count). The highest BCUT2D eigenvalue weighted by Crippen LogP contribution is 2.46. The van der Waals surface area contributed by atoms with Gasteiger partial charge < -0.3 is 5.11 Å². The summed E-state index contributed by atoms with van der Waals surface area (Å²) in [7, 11) is -3.64. The Morgan fingerprint density at radius 1 is 1.08 bits per heavy atom. The number of pyridine rings is 1. The molecular formula is C27H23ClN4O4S. The molecule has 1 N–H and O–H groups in total. The van der Waals surface area contributed by atoms with E-state index in [0.29, 0.717) is 29.2 Å². The van der Waals surface area contributed by atoms with Crippen molar-refractivity contribution in [2.75, 3.05) is 12.9 Å². The summed E-state index contributed by atoms with van der Waals surface area (Å²) in [5.41, 5.74) is 3.71. The third kappa shape index (κ3) is 4.59. The second kappa shape index (κ2) is 8.88. The van der Waals surface area contributed by atoms with Gasteiger partial charge in [0.1, 0.15) is 11.3 Å². The second-order valence-electron chi connectivity index (χ2n) is 9.52. The molecule has 0 radical (unpaired) electrons. The fourth-order valence-corrected chi connectivity index (χ4v) is 5.59. The molecule has 5 aromatic rings. The topological polar surface area (TPSA) is 107 Å². The van der Waals surface area contributed by atoms with E-state index in [1.165, 1.54) is 0 Å². The zero-order valence-corrected chi connectivity index (χ0v) is 21.4. The molecule has 37 heavy (non-hydrogen) atoms. The van der Waals surface area contributed by atoms with Gasteiger partial charge in [0.25, 0.3) is 10.1 Å². The van der Waals surface area contributed by atoms with E-state index >= 15 is 0 Å². The molecule has 188 valence electrons. The first-order valence-electron chi connectivity index (χ1n) is 11.7. The molecule has 3 heterocycles. The molecule has 0 unspecified atom stereocenters. The molecule has 1 fully saturated rings. The molecule has 0 aliphatic heterocycles. The van der Waals surface area contributed by atoms with Gasteiger partial charge in [-0.3, -0.25) is 8.58 Å². The van der Waals surface area contributed by atoms with Gasteiger partial charge in [0.15, 0.2) is 5.15 Å². The molecule has 10 heteroatoms. The van der Waals surface area contributed by atoms with Crippen LogP contribution in [0.3, 0.4) is 0 Å². The van der Waals surface area contributed by atoms with Crippen molar-refractivity contribution in [1.82, 2.24) is 19.4 Å². The average molecular weight is 535 g/mol. The summed E-state index contributed by atoms with van der Waals surface area (Å²) in [4.78, 5) is 14.1. The lowest BCUT2D eigenvalue weighted by atomic mass is 9.71. The molecule has 1 aliphatic carbocycles. The number of aliphatic hydroxyl groups is 1. The Balaban J connectivity index is 1.39. The molecule has 0 spiro atoms. The standard InChI is InChI=1S/C27H23ClN4O4S/c1-37(34,35)36-16-27(33)14-20(15-27)26-31-23(24-25(28)29-11-12-32(24)26)19-8-7-18-9-10-21(30-22(18)13-19)17-5-3-2-4-6-17/h2-13,20,33H,14-16H2,1H3/t20-,27+. The number of hydrogen-bond acceptors (Lipinski definition) is 7. The summed E-state index contributed by atoms with van der Waals surface area (Å²) in [6.45, 7) is -0.277. The van der Waals surface area contributed by atoms with E-state index in [1.807, 2.05) is 65.1 Å². The van der Waals surface area contributed by atoms with Crippen molar-refractivity contribution >= 4 is 38.1 Å². The number of aromatic nitrogens is 4. The zero-order valence-electron chi connectivity index (χ0n) is 19.9. The summed E-state index contributed by atoms with van der Waals surface area (Å²) in [6, 6.07) is 20.0. The summed E-state index contributed by atoms with van der Waals surface area (Å²) < 4.78 is 29.5. The van der Waals surface area contributed by atoms with Crippen molar-refractivity contribution in [2.24, 2.45) is 0 Å². The highest BCUT2D eigenvalue weighted by Gasteiger charge is 2.46. The lowest BCUT2D eigenvalue weighted by Gasteiger charge is -2.42. The molecule has 1 saturated carbocycles. The number of hydrogen-bond donors (Lipinski definition) is 1. The molecule has 0 atom stereocenters. The van der Waals surface area contributed by atoms with Crippen LogP contribution in [-0.4, -0.2) is 51.3 Å². The summed E-state index contributed by atoms with van der Waals surface area (Å²) in [6.07, 6.45) is 5.01. The Labute approximate surface area is 218 Å². The Morgan fingerprint density at radius 3 is 2.59 bits per heavy atom. The first kappa shape index (κ1) is 24.0. The number of nitrogens with zero attached hydrogens (tertiary/aromatic N) is 4. The second-order valence-corrected chi connectivity index (χ2v) is 11.5. The van der Waals surface area contributed by atoms with Crippen molar-refractivity contribution in [1.29, 1.82) is 0 Å². The van der Waals surface area contributed by atoms with E-state index in [2.05, 4.69) is 4.98 Å². The van der Waals surface area contributed by atoms with E-state index in [0.717, 1.165) is 39.8 Å². The van der Waals surface area contributed by atoms with Gasteiger partial charge in [0.2, 0.25) is 0 Å². The lowest BCUT2D eigenvalue weighted by molar-refractivity contribution is -0.0799. The van der Waals surface area contributed by atoms with Gasteiger partial charge in [-0.2, -0.15) is 8.42 Å². The largest absolute Gasteiger partial charge is 0.387 e. The fraction of sp³-hybridized carbons (Fsp3) is 0.222. The van der Waals surface area contributed by atoms with Crippen molar-refractivity contribution < 1.29 is 17.7 Å². The van der Waals surface area contributed by atoms with E-state index in [1.54, 1.807) is 12.4 Å². The third-order valence-electron chi connectivity index (χ3n) is 6.73. The maximum atomic E-state index is 11.4. The number of imidazole rings is 1. The predicted molar refractivity (Wildman–Crippen MR) is 142 cm³/mol. The Morgan fingerprint density at radius 2 is 1.84 bits per heavy atom. The number of benzene rings is 2. The van der Waals surface area contributed by atoms with Crippen LogP contribution in [-0.2, 0) is 14.3 Å². The minimum Gasteiger partial charge on any atom is -0.387 e. The van der Waals surface area contributed by atoms with Gasteiger partial charge >= 0.3 is 0 Å². The third-order valence-corrected chi connectivity index (χ3v) is 7.55. The van der Waals surface area contributed by atoms with E-state index in [4.69, 9.17) is 25.8 Å². The number of rotatable bonds is 6. The zero-order chi connectivity index (χ0) is 25.8. The van der Waals surface area contributed by atoms with Crippen molar-refractivity contribution in [3.63, 3.8) is 0 Å². The van der Waals surface area contributed by atoms with Gasteiger partial charge in [-0.1, -0.05) is 60.1 Å². The molecule has 0 saturated heterocycles. The van der Waals surface area contributed by atoms with Crippen LogP contribution in [0.2, 0.25) is 5.15 Å². The van der Waals surface area contributed by atoms with Crippen molar-refractivity contribution in [2.45, 2.75) is 24.4 Å². The number of halogens is 1. The molecule has 2 aromatic carbocycles. The van der Waals surface area contributed by atoms with E-state index < -0.39 is 15.7 Å². The Kier molecular flexibility index (Phi) is 5.76. The van der Waals surface area contributed by atoms with E-state index in [-0.39, 0.29) is 12.5 Å². The van der Waals surface area contributed by atoms with Gasteiger partial charge in [0, 0.05) is 34.8 Å². The minimum atomic E-state index is -3.64. The minimum absolute atomic E-state index is 0.101. The van der Waals surface area contributed by atoms with Gasteiger partial charge in [0.05, 0.1) is 35.4 Å². The number of fused-ring (bicyclic) bond motifs is 2. The van der Waals surface area contributed by atoms with Gasteiger partial charge in [-0.25, -0.2) is 15.0 Å². The molecular weight excluding hydrogens is 512 g/mol. The molecule has 3 aromatic heterocycles. The smallest absolute Gasteiger partial charge is 0.264 e. The van der Waals surface area contributed by atoms with Crippen molar-refractivity contribution in [3.8, 4) is 22.5 Å². The first-order chi connectivity index (χ1) is 17.7. The van der Waals surface area contributed by atoms with Gasteiger partial charge in [-0.15, -0.1) is 0 Å². The molecule has 8 nitrogen and oxygen atoms in total. The van der Waals surface area contributed by atoms with Crippen LogP contribution in [0.4, 0.5) is 0 Å². The molecule has 0 bridgehead atoms. The van der Waals surface area contributed by atoms with Crippen LogP contribution in [0, 0.1) is 0 Å². The Hall–Kier alpha value is -3.37. The molecule has 0 amide bonds. The average Bonchev–Trinajstić information content (AvgIpc) is 3.26. The van der Waals surface area contributed by atoms with Crippen LogP contribution in [0.1, 0.15) is 24.6 Å². The van der Waals surface area contributed by atoms with Crippen LogP contribution >= 0.6 is 11.6 Å². The van der Waals surface area contributed by atoms with Crippen molar-refractivity contribution in [3.05, 3.63) is 84.0 Å². The normalized spacial score (nSPS) is 19.8. The van der Waals surface area contributed by atoms with Crippen LogP contribution < -0.4 is 0 Å². The summed E-state index contributed by atoms with van der Waals surface area (Å²) in [5, 5.41) is 12.0. The fourth-order valence-electron chi connectivity index (χ4n) is 4.92. The van der Waals surface area contributed by atoms with Gasteiger partial charge in [-0.05, 0) is 25.0 Å². The maximum absolute atomic E-state index is 11.4. The lowest BCUT2D eigenvalue weighted by Crippen LogP contribution is -2.47. The molecule has 1 aliphatic rings. The monoisotopic (exact) mass is 534 g/mol.